The van der Waals surface area contributed by atoms with Crippen LogP contribution in [0.15, 0.2) is 4.99 Å². The fraction of sp³-hybridized carbons (Fsp3) is 0.870. The Morgan fingerprint density at radius 1 is 1.31 bits per heavy atom. The molecule has 6 heteroatoms. The zero-order valence-electron chi connectivity index (χ0n) is 19.5. The Balaban J connectivity index is 2.10. The van der Waals surface area contributed by atoms with Crippen molar-refractivity contribution in [3.63, 3.8) is 0 Å². The number of rotatable bonds is 10. The minimum atomic E-state index is -0.793. The number of aliphatic imine (C=N–C) groups is 1. The van der Waals surface area contributed by atoms with Gasteiger partial charge in [-0.15, -0.1) is 0 Å². The summed E-state index contributed by atoms with van der Waals surface area (Å²) in [7, 11) is 0. The SMILES string of the molecule is CCC(C(C)CCC1=NC(C)(C)C(=O)O1)C(C)(CC(C)(C)C)C(=O)OCC1CO1. The fourth-order valence-corrected chi connectivity index (χ4v) is 4.71. The lowest BCUT2D eigenvalue weighted by molar-refractivity contribution is -0.163. The van der Waals surface area contributed by atoms with E-state index < -0.39 is 11.0 Å². The average molecular weight is 410 g/mol. The summed E-state index contributed by atoms with van der Waals surface area (Å²) in [5.74, 6) is 0.484. The van der Waals surface area contributed by atoms with Crippen LogP contribution < -0.4 is 0 Å². The van der Waals surface area contributed by atoms with Gasteiger partial charge in [0.05, 0.1) is 12.0 Å². The Morgan fingerprint density at radius 3 is 2.38 bits per heavy atom. The van der Waals surface area contributed by atoms with E-state index in [4.69, 9.17) is 14.2 Å². The quantitative estimate of drug-likeness (QED) is 0.391. The molecule has 2 aliphatic rings. The van der Waals surface area contributed by atoms with Crippen LogP contribution in [-0.2, 0) is 23.8 Å². The van der Waals surface area contributed by atoms with Gasteiger partial charge < -0.3 is 14.2 Å². The third-order valence-corrected chi connectivity index (χ3v) is 6.04. The van der Waals surface area contributed by atoms with E-state index in [2.05, 4.69) is 46.5 Å². The summed E-state index contributed by atoms with van der Waals surface area (Å²) < 4.78 is 16.2. The lowest BCUT2D eigenvalue weighted by atomic mass is 9.62. The first-order valence-electron chi connectivity index (χ1n) is 10.9. The largest absolute Gasteiger partial charge is 0.462 e. The van der Waals surface area contributed by atoms with Gasteiger partial charge in [0, 0.05) is 6.42 Å². The fourth-order valence-electron chi connectivity index (χ4n) is 4.71. The van der Waals surface area contributed by atoms with Crippen LogP contribution in [0.25, 0.3) is 0 Å². The molecule has 0 N–H and O–H groups in total. The minimum absolute atomic E-state index is 0.00786. The number of carbonyl (C=O) groups excluding carboxylic acids is 2. The number of nitrogens with zero attached hydrogens (tertiary/aromatic N) is 1. The van der Waals surface area contributed by atoms with Gasteiger partial charge >= 0.3 is 11.9 Å². The standard InChI is InChI=1S/C23H39NO5/c1-9-17(15(2)10-11-18-24-22(6,7)19(25)29-18)23(8,14-21(3,4)5)20(26)28-13-16-12-27-16/h15-17H,9-14H2,1-8H3. The van der Waals surface area contributed by atoms with E-state index in [1.165, 1.54) is 0 Å². The summed E-state index contributed by atoms with van der Waals surface area (Å²) in [6, 6.07) is 0. The molecule has 0 aromatic rings. The highest BCUT2D eigenvalue weighted by Crippen LogP contribution is 2.46. The van der Waals surface area contributed by atoms with E-state index in [0.29, 0.717) is 25.5 Å². The van der Waals surface area contributed by atoms with E-state index in [1.54, 1.807) is 13.8 Å². The monoisotopic (exact) mass is 409 g/mol. The number of hydrogen-bond donors (Lipinski definition) is 0. The third kappa shape index (κ3) is 6.27. The van der Waals surface area contributed by atoms with Crippen LogP contribution in [0.2, 0.25) is 0 Å². The van der Waals surface area contributed by atoms with Gasteiger partial charge in [0.1, 0.15) is 12.7 Å². The number of epoxide rings is 1. The molecule has 0 spiro atoms. The van der Waals surface area contributed by atoms with Gasteiger partial charge in [-0.2, -0.15) is 0 Å². The van der Waals surface area contributed by atoms with E-state index in [-0.39, 0.29) is 35.3 Å². The molecule has 0 amide bonds. The molecule has 4 unspecified atom stereocenters. The first-order valence-corrected chi connectivity index (χ1v) is 10.9. The second kappa shape index (κ2) is 8.75. The molecule has 2 aliphatic heterocycles. The second-order valence-electron chi connectivity index (χ2n) is 10.7. The van der Waals surface area contributed by atoms with Crippen LogP contribution in [0, 0.1) is 22.7 Å². The van der Waals surface area contributed by atoms with Crippen molar-refractivity contribution in [1.29, 1.82) is 0 Å². The van der Waals surface area contributed by atoms with Crippen molar-refractivity contribution in [2.24, 2.45) is 27.7 Å². The maximum absolute atomic E-state index is 13.2. The number of carbonyl (C=O) groups is 2. The molecule has 0 aliphatic carbocycles. The molecule has 0 aromatic heterocycles. The summed E-state index contributed by atoms with van der Waals surface area (Å²) in [5, 5.41) is 0. The smallest absolute Gasteiger partial charge is 0.340 e. The highest BCUT2D eigenvalue weighted by atomic mass is 16.6. The van der Waals surface area contributed by atoms with E-state index in [0.717, 1.165) is 19.3 Å². The topological polar surface area (TPSA) is 77.5 Å². The van der Waals surface area contributed by atoms with Gasteiger partial charge in [0.15, 0.2) is 11.4 Å². The van der Waals surface area contributed by atoms with Crippen LogP contribution in [0.5, 0.6) is 0 Å². The summed E-state index contributed by atoms with van der Waals surface area (Å²) in [6.07, 6.45) is 3.09. The van der Waals surface area contributed by atoms with Crippen LogP contribution in [0.3, 0.4) is 0 Å². The summed E-state index contributed by atoms with van der Waals surface area (Å²) in [5.41, 5.74) is -1.39. The van der Waals surface area contributed by atoms with Crippen molar-refractivity contribution in [3.05, 3.63) is 0 Å². The molecule has 2 heterocycles. The summed E-state index contributed by atoms with van der Waals surface area (Å²) in [4.78, 5) is 29.5. The molecule has 4 atom stereocenters. The second-order valence-corrected chi connectivity index (χ2v) is 10.7. The molecular weight excluding hydrogens is 370 g/mol. The van der Waals surface area contributed by atoms with Gasteiger partial charge in [-0.3, -0.25) is 4.79 Å². The van der Waals surface area contributed by atoms with Crippen molar-refractivity contribution in [1.82, 2.24) is 0 Å². The molecule has 29 heavy (non-hydrogen) atoms. The summed E-state index contributed by atoms with van der Waals surface area (Å²) >= 11 is 0. The van der Waals surface area contributed by atoms with E-state index in [1.807, 2.05) is 0 Å². The lowest BCUT2D eigenvalue weighted by Crippen LogP contribution is -2.43. The zero-order valence-corrected chi connectivity index (χ0v) is 19.5. The first-order chi connectivity index (χ1) is 13.3. The highest BCUT2D eigenvalue weighted by Gasteiger charge is 2.47. The number of cyclic esters (lactones) is 1. The van der Waals surface area contributed by atoms with E-state index in [9.17, 15) is 9.59 Å². The molecule has 1 fully saturated rings. The minimum Gasteiger partial charge on any atom is -0.462 e. The van der Waals surface area contributed by atoms with Crippen LogP contribution in [-0.4, -0.2) is 42.7 Å². The Bertz CT molecular complexity index is 644. The summed E-state index contributed by atoms with van der Waals surface area (Å²) in [6.45, 7) is 17.4. The van der Waals surface area contributed by atoms with Crippen molar-refractivity contribution in [3.8, 4) is 0 Å². The van der Waals surface area contributed by atoms with Crippen molar-refractivity contribution >= 4 is 17.8 Å². The Morgan fingerprint density at radius 2 is 1.93 bits per heavy atom. The molecule has 0 aromatic carbocycles. The molecular formula is C23H39NO5. The molecule has 0 bridgehead atoms. The van der Waals surface area contributed by atoms with Crippen molar-refractivity contribution in [2.75, 3.05) is 13.2 Å². The normalized spacial score (nSPS) is 24.9. The van der Waals surface area contributed by atoms with Gasteiger partial charge in [0.2, 0.25) is 0 Å². The van der Waals surface area contributed by atoms with E-state index >= 15 is 0 Å². The van der Waals surface area contributed by atoms with Crippen molar-refractivity contribution < 1.29 is 23.8 Å². The van der Waals surface area contributed by atoms with Crippen LogP contribution in [0.1, 0.15) is 81.1 Å². The van der Waals surface area contributed by atoms with Gasteiger partial charge in [-0.05, 0) is 50.9 Å². The first kappa shape index (κ1) is 23.8. The molecule has 2 rings (SSSR count). The molecule has 0 saturated carbocycles. The van der Waals surface area contributed by atoms with Crippen molar-refractivity contribution in [2.45, 2.75) is 92.7 Å². The van der Waals surface area contributed by atoms with Crippen LogP contribution in [0.4, 0.5) is 0 Å². The Labute approximate surface area is 175 Å². The number of ether oxygens (including phenoxy) is 3. The third-order valence-electron chi connectivity index (χ3n) is 6.04. The average Bonchev–Trinajstić information content (AvgIpc) is 3.36. The Kier molecular flexibility index (Phi) is 7.19. The maximum Gasteiger partial charge on any atom is 0.340 e. The van der Waals surface area contributed by atoms with Gasteiger partial charge in [-0.1, -0.05) is 41.0 Å². The highest BCUT2D eigenvalue weighted by molar-refractivity contribution is 5.99. The molecule has 0 radical (unpaired) electrons. The van der Waals surface area contributed by atoms with Crippen LogP contribution >= 0.6 is 0 Å². The molecule has 166 valence electrons. The van der Waals surface area contributed by atoms with Gasteiger partial charge in [0.25, 0.3) is 0 Å². The van der Waals surface area contributed by atoms with Gasteiger partial charge in [-0.25, -0.2) is 9.79 Å². The number of esters is 2. The number of hydrogen-bond acceptors (Lipinski definition) is 6. The molecule has 6 nitrogen and oxygen atoms in total. The molecule has 1 saturated heterocycles. The lowest BCUT2D eigenvalue weighted by Gasteiger charge is -2.42. The Hall–Kier alpha value is -1.43. The maximum atomic E-state index is 13.2. The zero-order chi connectivity index (χ0) is 22.0. The predicted molar refractivity (Wildman–Crippen MR) is 113 cm³/mol. The predicted octanol–water partition coefficient (Wildman–Crippen LogP) is 4.55.